The second kappa shape index (κ2) is 6.35. The molecule has 0 fully saturated rings. The molecule has 2 aromatic carbocycles. The largest absolute Gasteiger partial charge is 0.488 e. The van der Waals surface area contributed by atoms with Gasteiger partial charge in [0.1, 0.15) is 12.4 Å². The molecular weight excluding hydrogens is 276 g/mol. The van der Waals surface area contributed by atoms with E-state index in [2.05, 4.69) is 10.3 Å². The van der Waals surface area contributed by atoms with Crippen LogP contribution in [-0.2, 0) is 17.8 Å². The number of hydrogen-bond acceptors (Lipinski definition) is 2. The Morgan fingerprint density at radius 3 is 2.73 bits per heavy atom. The van der Waals surface area contributed by atoms with Crippen molar-refractivity contribution in [2.45, 2.75) is 13.0 Å². The number of benzene rings is 2. The molecule has 0 atom stereocenters. The van der Waals surface area contributed by atoms with Crippen LogP contribution in [0.1, 0.15) is 11.1 Å². The molecule has 1 amide bonds. The van der Waals surface area contributed by atoms with Gasteiger partial charge in [0.25, 0.3) is 0 Å². The molecule has 112 valence electrons. The first-order valence-corrected chi connectivity index (χ1v) is 7.24. The lowest BCUT2D eigenvalue weighted by molar-refractivity contribution is -0.119. The van der Waals surface area contributed by atoms with Crippen LogP contribution in [0.2, 0.25) is 0 Å². The molecule has 2 N–H and O–H groups in total. The topological polar surface area (TPSA) is 54.1 Å². The van der Waals surface area contributed by atoms with E-state index in [0.29, 0.717) is 13.0 Å². The third kappa shape index (κ3) is 2.96. The molecule has 0 aliphatic carbocycles. The minimum atomic E-state index is -0.0150. The van der Waals surface area contributed by atoms with E-state index in [1.807, 2.05) is 54.7 Å². The summed E-state index contributed by atoms with van der Waals surface area (Å²) in [7, 11) is 1.64. The summed E-state index contributed by atoms with van der Waals surface area (Å²) in [6, 6.07) is 15.9. The average molecular weight is 294 g/mol. The Morgan fingerprint density at radius 1 is 1.14 bits per heavy atom. The van der Waals surface area contributed by atoms with Crippen molar-refractivity contribution in [3.63, 3.8) is 0 Å². The molecule has 0 saturated carbocycles. The molecular formula is C18H18N2O2. The van der Waals surface area contributed by atoms with E-state index in [9.17, 15) is 4.79 Å². The summed E-state index contributed by atoms with van der Waals surface area (Å²) in [6.45, 7) is 0.505. The van der Waals surface area contributed by atoms with Gasteiger partial charge in [0.15, 0.2) is 0 Å². The Bertz CT molecular complexity index is 778. The molecule has 0 spiro atoms. The molecule has 4 nitrogen and oxygen atoms in total. The zero-order valence-corrected chi connectivity index (χ0v) is 12.4. The van der Waals surface area contributed by atoms with Crippen molar-refractivity contribution in [2.75, 3.05) is 7.05 Å². The molecule has 1 aromatic heterocycles. The molecule has 3 rings (SSSR count). The van der Waals surface area contributed by atoms with Gasteiger partial charge in [0.2, 0.25) is 5.91 Å². The fourth-order valence-corrected chi connectivity index (χ4v) is 2.48. The van der Waals surface area contributed by atoms with Gasteiger partial charge in [0, 0.05) is 24.1 Å². The second-order valence-corrected chi connectivity index (χ2v) is 5.12. The molecule has 0 aliphatic rings. The number of nitrogens with one attached hydrogen (secondary N) is 2. The minimum absolute atomic E-state index is 0.0150. The molecule has 0 saturated heterocycles. The highest BCUT2D eigenvalue weighted by Gasteiger charge is 2.12. The van der Waals surface area contributed by atoms with E-state index in [4.69, 9.17) is 4.74 Å². The van der Waals surface area contributed by atoms with Crippen molar-refractivity contribution in [1.82, 2.24) is 10.3 Å². The highest BCUT2D eigenvalue weighted by atomic mass is 16.5. The van der Waals surface area contributed by atoms with Crippen LogP contribution in [0.15, 0.2) is 54.7 Å². The summed E-state index contributed by atoms with van der Waals surface area (Å²) < 4.78 is 5.97. The Hall–Kier alpha value is -2.75. The SMILES string of the molecule is CNC(=O)Cc1c[nH]c2cccc(OCc3ccccc3)c12. The van der Waals surface area contributed by atoms with Crippen LogP contribution in [0.3, 0.4) is 0 Å². The normalized spacial score (nSPS) is 10.6. The lowest BCUT2D eigenvalue weighted by Gasteiger charge is -2.09. The Morgan fingerprint density at radius 2 is 1.95 bits per heavy atom. The third-order valence-electron chi connectivity index (χ3n) is 3.62. The van der Waals surface area contributed by atoms with Gasteiger partial charge in [-0.2, -0.15) is 0 Å². The van der Waals surface area contributed by atoms with Gasteiger partial charge in [0.05, 0.1) is 6.42 Å². The van der Waals surface area contributed by atoms with Crippen molar-refractivity contribution < 1.29 is 9.53 Å². The number of carbonyl (C=O) groups is 1. The standard InChI is InChI=1S/C18H18N2O2/c1-19-17(21)10-14-11-20-15-8-5-9-16(18(14)15)22-12-13-6-3-2-4-7-13/h2-9,11,20H,10,12H2,1H3,(H,19,21). The van der Waals surface area contributed by atoms with Crippen LogP contribution in [0, 0.1) is 0 Å². The predicted octanol–water partition coefficient (Wildman–Crippen LogP) is 3.04. The lowest BCUT2D eigenvalue weighted by atomic mass is 10.1. The van der Waals surface area contributed by atoms with Crippen molar-refractivity contribution in [2.24, 2.45) is 0 Å². The van der Waals surface area contributed by atoms with E-state index < -0.39 is 0 Å². The molecule has 22 heavy (non-hydrogen) atoms. The van der Waals surface area contributed by atoms with Gasteiger partial charge in [-0.25, -0.2) is 0 Å². The van der Waals surface area contributed by atoms with Crippen LogP contribution in [-0.4, -0.2) is 17.9 Å². The molecule has 0 unspecified atom stereocenters. The lowest BCUT2D eigenvalue weighted by Crippen LogP contribution is -2.19. The number of hydrogen-bond donors (Lipinski definition) is 2. The number of H-pyrrole nitrogens is 1. The van der Waals surface area contributed by atoms with E-state index in [1.165, 1.54) is 0 Å². The maximum atomic E-state index is 11.6. The van der Waals surface area contributed by atoms with Crippen molar-refractivity contribution in [1.29, 1.82) is 0 Å². The van der Waals surface area contributed by atoms with Gasteiger partial charge in [-0.1, -0.05) is 36.4 Å². The van der Waals surface area contributed by atoms with Crippen LogP contribution >= 0.6 is 0 Å². The fraction of sp³-hybridized carbons (Fsp3) is 0.167. The average Bonchev–Trinajstić information content (AvgIpc) is 2.97. The summed E-state index contributed by atoms with van der Waals surface area (Å²) in [5.74, 6) is 0.778. The second-order valence-electron chi connectivity index (χ2n) is 5.12. The van der Waals surface area contributed by atoms with Gasteiger partial charge >= 0.3 is 0 Å². The zero-order valence-electron chi connectivity index (χ0n) is 12.4. The Kier molecular flexibility index (Phi) is 4.10. The fourth-order valence-electron chi connectivity index (χ4n) is 2.48. The quantitative estimate of drug-likeness (QED) is 0.760. The van der Waals surface area contributed by atoms with Crippen LogP contribution in [0.4, 0.5) is 0 Å². The summed E-state index contributed by atoms with van der Waals surface area (Å²) in [5, 5.41) is 3.63. The number of fused-ring (bicyclic) bond motifs is 1. The molecule has 1 heterocycles. The van der Waals surface area contributed by atoms with Gasteiger partial charge in [-0.15, -0.1) is 0 Å². The number of rotatable bonds is 5. The van der Waals surface area contributed by atoms with Crippen LogP contribution in [0.5, 0.6) is 5.75 Å². The van der Waals surface area contributed by atoms with Crippen LogP contribution < -0.4 is 10.1 Å². The molecule has 4 heteroatoms. The molecule has 3 aromatic rings. The number of ether oxygens (including phenoxy) is 1. The van der Waals surface area contributed by atoms with E-state index in [1.54, 1.807) is 7.05 Å². The molecule has 0 bridgehead atoms. The minimum Gasteiger partial charge on any atom is -0.488 e. The third-order valence-corrected chi connectivity index (χ3v) is 3.62. The maximum absolute atomic E-state index is 11.6. The number of amides is 1. The van der Waals surface area contributed by atoms with Crippen molar-refractivity contribution >= 4 is 16.8 Å². The van der Waals surface area contributed by atoms with Gasteiger partial charge in [-0.05, 0) is 23.3 Å². The highest BCUT2D eigenvalue weighted by molar-refractivity contribution is 5.93. The summed E-state index contributed by atoms with van der Waals surface area (Å²) in [4.78, 5) is 14.8. The van der Waals surface area contributed by atoms with E-state index >= 15 is 0 Å². The summed E-state index contributed by atoms with van der Waals surface area (Å²) in [6.07, 6.45) is 2.21. The van der Waals surface area contributed by atoms with Crippen molar-refractivity contribution in [3.05, 3.63) is 65.9 Å². The first kappa shape index (κ1) is 14.2. The monoisotopic (exact) mass is 294 g/mol. The summed E-state index contributed by atoms with van der Waals surface area (Å²) >= 11 is 0. The smallest absolute Gasteiger partial charge is 0.224 e. The van der Waals surface area contributed by atoms with Crippen molar-refractivity contribution in [3.8, 4) is 5.75 Å². The first-order chi connectivity index (χ1) is 10.8. The van der Waals surface area contributed by atoms with Gasteiger partial charge < -0.3 is 15.0 Å². The predicted molar refractivity (Wildman–Crippen MR) is 86.8 cm³/mol. The number of carbonyl (C=O) groups excluding carboxylic acids is 1. The Balaban J connectivity index is 1.88. The maximum Gasteiger partial charge on any atom is 0.224 e. The van der Waals surface area contributed by atoms with E-state index in [-0.39, 0.29) is 5.91 Å². The first-order valence-electron chi connectivity index (χ1n) is 7.24. The summed E-state index contributed by atoms with van der Waals surface area (Å²) in [5.41, 5.74) is 3.03. The van der Waals surface area contributed by atoms with E-state index in [0.717, 1.165) is 27.8 Å². The number of aromatic amines is 1. The molecule has 0 radical (unpaired) electrons. The number of aromatic nitrogens is 1. The molecule has 0 aliphatic heterocycles. The van der Waals surface area contributed by atoms with Crippen LogP contribution in [0.25, 0.3) is 10.9 Å². The highest BCUT2D eigenvalue weighted by Crippen LogP contribution is 2.29. The van der Waals surface area contributed by atoms with Gasteiger partial charge in [-0.3, -0.25) is 4.79 Å². The number of likely N-dealkylation sites (N-methyl/N-ethyl adjacent to an activating group) is 1. The zero-order chi connectivity index (χ0) is 15.4. The Labute approximate surface area is 129 Å².